The van der Waals surface area contributed by atoms with Gasteiger partial charge in [0, 0.05) is 12.0 Å². The zero-order valence-corrected chi connectivity index (χ0v) is 13.9. The van der Waals surface area contributed by atoms with Crippen molar-refractivity contribution in [1.29, 1.82) is 0 Å². The molecular weight excluding hydrogens is 318 g/mol. The molecule has 130 valence electrons. The number of benzene rings is 1. The highest BCUT2D eigenvalue weighted by Crippen LogP contribution is 2.37. The first kappa shape index (κ1) is 17.1. The van der Waals surface area contributed by atoms with Gasteiger partial charge in [0.2, 0.25) is 0 Å². The Morgan fingerprint density at radius 1 is 1.08 bits per heavy atom. The van der Waals surface area contributed by atoms with Crippen LogP contribution >= 0.6 is 0 Å². The molecule has 0 spiro atoms. The molecule has 1 fully saturated rings. The van der Waals surface area contributed by atoms with Crippen molar-refractivity contribution in [3.63, 3.8) is 0 Å². The van der Waals surface area contributed by atoms with E-state index < -0.39 is 11.9 Å². The van der Waals surface area contributed by atoms with Crippen molar-refractivity contribution in [3.8, 4) is 11.3 Å². The highest BCUT2D eigenvalue weighted by molar-refractivity contribution is 5.90. The fraction of sp³-hybridized carbons (Fsp3) is 0.368. The van der Waals surface area contributed by atoms with Crippen LogP contribution in [0.3, 0.4) is 0 Å². The van der Waals surface area contributed by atoms with Crippen molar-refractivity contribution in [2.45, 2.75) is 38.0 Å². The molecule has 6 heteroatoms. The van der Waals surface area contributed by atoms with Crippen molar-refractivity contribution >= 4 is 11.9 Å². The van der Waals surface area contributed by atoms with E-state index in [2.05, 4.69) is 22.1 Å². The SMILES string of the molecule is NC(=O)c1cncc(-c2ccc(C3CCC(CC(=O)O)CC3)cc2)n1. The molecule has 2 aromatic rings. The molecule has 0 unspecified atom stereocenters. The number of carbonyl (C=O) groups excluding carboxylic acids is 1. The van der Waals surface area contributed by atoms with Gasteiger partial charge in [-0.15, -0.1) is 0 Å². The molecule has 0 saturated heterocycles. The predicted octanol–water partition coefficient (Wildman–Crippen LogP) is 2.99. The van der Waals surface area contributed by atoms with Gasteiger partial charge < -0.3 is 10.8 Å². The average Bonchev–Trinajstić information content (AvgIpc) is 2.62. The molecule has 0 atom stereocenters. The highest BCUT2D eigenvalue weighted by atomic mass is 16.4. The molecule has 1 aromatic heterocycles. The van der Waals surface area contributed by atoms with Gasteiger partial charge in [0.05, 0.1) is 18.1 Å². The van der Waals surface area contributed by atoms with Crippen LogP contribution in [0, 0.1) is 5.92 Å². The Hall–Kier alpha value is -2.76. The molecule has 0 aliphatic heterocycles. The third-order valence-electron chi connectivity index (χ3n) is 4.87. The summed E-state index contributed by atoms with van der Waals surface area (Å²) in [4.78, 5) is 30.3. The van der Waals surface area contributed by atoms with Gasteiger partial charge in [-0.05, 0) is 43.1 Å². The van der Waals surface area contributed by atoms with Gasteiger partial charge in [-0.25, -0.2) is 4.98 Å². The average molecular weight is 339 g/mol. The van der Waals surface area contributed by atoms with E-state index in [4.69, 9.17) is 10.8 Å². The monoisotopic (exact) mass is 339 g/mol. The maximum atomic E-state index is 11.2. The summed E-state index contributed by atoms with van der Waals surface area (Å²) in [5.74, 6) is -0.516. The van der Waals surface area contributed by atoms with Gasteiger partial charge in [-0.3, -0.25) is 14.6 Å². The van der Waals surface area contributed by atoms with Crippen molar-refractivity contribution in [3.05, 3.63) is 47.9 Å². The number of hydrogen-bond acceptors (Lipinski definition) is 4. The molecule has 3 N–H and O–H groups in total. The minimum atomic E-state index is -0.702. The Bertz CT molecular complexity index is 766. The minimum absolute atomic E-state index is 0.151. The summed E-state index contributed by atoms with van der Waals surface area (Å²) in [7, 11) is 0. The normalized spacial score (nSPS) is 20.2. The largest absolute Gasteiger partial charge is 0.481 e. The second kappa shape index (κ2) is 7.42. The molecular formula is C19H21N3O3. The number of amides is 1. The maximum absolute atomic E-state index is 11.2. The summed E-state index contributed by atoms with van der Waals surface area (Å²) in [6, 6.07) is 8.12. The summed E-state index contributed by atoms with van der Waals surface area (Å²) < 4.78 is 0. The fourth-order valence-electron chi connectivity index (χ4n) is 3.50. The molecule has 0 radical (unpaired) electrons. The lowest BCUT2D eigenvalue weighted by atomic mass is 9.77. The Morgan fingerprint density at radius 2 is 1.76 bits per heavy atom. The number of aromatic nitrogens is 2. The van der Waals surface area contributed by atoms with E-state index in [0.717, 1.165) is 31.2 Å². The topological polar surface area (TPSA) is 106 Å². The molecule has 25 heavy (non-hydrogen) atoms. The summed E-state index contributed by atoms with van der Waals surface area (Å²) in [5, 5.41) is 8.90. The Kier molecular flexibility index (Phi) is 5.07. The number of hydrogen-bond donors (Lipinski definition) is 2. The van der Waals surface area contributed by atoms with Crippen LogP contribution in [-0.2, 0) is 4.79 Å². The van der Waals surface area contributed by atoms with Crippen LogP contribution in [0.15, 0.2) is 36.7 Å². The number of carboxylic acids is 1. The minimum Gasteiger partial charge on any atom is -0.481 e. The van der Waals surface area contributed by atoms with Gasteiger partial charge in [0.15, 0.2) is 0 Å². The van der Waals surface area contributed by atoms with Crippen LogP contribution in [-0.4, -0.2) is 27.0 Å². The van der Waals surface area contributed by atoms with Gasteiger partial charge in [0.25, 0.3) is 5.91 Å². The number of nitrogens with two attached hydrogens (primary N) is 1. The van der Waals surface area contributed by atoms with E-state index >= 15 is 0 Å². The first-order valence-corrected chi connectivity index (χ1v) is 8.47. The number of primary amides is 1. The second-order valence-corrected chi connectivity index (χ2v) is 6.59. The van der Waals surface area contributed by atoms with Crippen molar-refractivity contribution < 1.29 is 14.7 Å². The van der Waals surface area contributed by atoms with E-state index in [1.54, 1.807) is 6.20 Å². The zero-order chi connectivity index (χ0) is 17.8. The fourth-order valence-corrected chi connectivity index (χ4v) is 3.50. The summed E-state index contributed by atoms with van der Waals surface area (Å²) in [6.07, 6.45) is 7.22. The molecule has 1 saturated carbocycles. The van der Waals surface area contributed by atoms with E-state index in [0.29, 0.717) is 17.5 Å². The van der Waals surface area contributed by atoms with Crippen LogP contribution in [0.1, 0.15) is 54.1 Å². The van der Waals surface area contributed by atoms with Crippen molar-refractivity contribution in [1.82, 2.24) is 9.97 Å². The molecule has 1 aliphatic carbocycles. The number of aliphatic carboxylic acids is 1. The zero-order valence-electron chi connectivity index (χ0n) is 13.9. The molecule has 1 aromatic carbocycles. The quantitative estimate of drug-likeness (QED) is 0.871. The van der Waals surface area contributed by atoms with Gasteiger partial charge in [0.1, 0.15) is 5.69 Å². The molecule has 6 nitrogen and oxygen atoms in total. The Labute approximate surface area is 146 Å². The molecule has 1 aliphatic rings. The second-order valence-electron chi connectivity index (χ2n) is 6.59. The first-order chi connectivity index (χ1) is 12.0. The van der Waals surface area contributed by atoms with Crippen LogP contribution in [0.4, 0.5) is 0 Å². The molecule has 1 heterocycles. The van der Waals surface area contributed by atoms with Crippen molar-refractivity contribution in [2.24, 2.45) is 11.7 Å². The van der Waals surface area contributed by atoms with Gasteiger partial charge >= 0.3 is 5.97 Å². The maximum Gasteiger partial charge on any atom is 0.303 e. The summed E-state index contributed by atoms with van der Waals surface area (Å²) >= 11 is 0. The van der Waals surface area contributed by atoms with Crippen LogP contribution < -0.4 is 5.73 Å². The molecule has 1 amide bonds. The lowest BCUT2D eigenvalue weighted by Crippen LogP contribution is -2.16. The third-order valence-corrected chi connectivity index (χ3v) is 4.87. The van der Waals surface area contributed by atoms with Crippen molar-refractivity contribution in [2.75, 3.05) is 0 Å². The summed E-state index contributed by atoms with van der Waals surface area (Å²) in [6.45, 7) is 0. The van der Waals surface area contributed by atoms with E-state index in [9.17, 15) is 9.59 Å². The third kappa shape index (κ3) is 4.21. The lowest BCUT2D eigenvalue weighted by molar-refractivity contribution is -0.138. The summed E-state index contributed by atoms with van der Waals surface area (Å²) in [5.41, 5.74) is 8.16. The number of carboxylic acid groups (broad SMARTS) is 1. The van der Waals surface area contributed by atoms with Gasteiger partial charge in [-0.1, -0.05) is 24.3 Å². The lowest BCUT2D eigenvalue weighted by Gasteiger charge is -2.28. The number of rotatable bonds is 5. The van der Waals surface area contributed by atoms with Gasteiger partial charge in [-0.2, -0.15) is 0 Å². The highest BCUT2D eigenvalue weighted by Gasteiger charge is 2.24. The van der Waals surface area contributed by atoms with E-state index in [1.807, 2.05) is 12.1 Å². The van der Waals surface area contributed by atoms with Crippen LogP contribution in [0.2, 0.25) is 0 Å². The molecule has 3 rings (SSSR count). The molecule has 0 bridgehead atoms. The smallest absolute Gasteiger partial charge is 0.303 e. The van der Waals surface area contributed by atoms with Crippen LogP contribution in [0.5, 0.6) is 0 Å². The standard InChI is InChI=1S/C19H21N3O3/c20-19(25)17-11-21-10-16(22-17)15-7-5-14(6-8-15)13-3-1-12(2-4-13)9-18(23)24/h5-8,10-13H,1-4,9H2,(H2,20,25)(H,23,24). The first-order valence-electron chi connectivity index (χ1n) is 8.47. The Balaban J connectivity index is 1.68. The van der Waals surface area contributed by atoms with E-state index in [-0.39, 0.29) is 12.1 Å². The number of nitrogens with zero attached hydrogens (tertiary/aromatic N) is 2. The Morgan fingerprint density at radius 3 is 2.36 bits per heavy atom. The van der Waals surface area contributed by atoms with E-state index in [1.165, 1.54) is 11.8 Å². The van der Waals surface area contributed by atoms with Crippen LogP contribution in [0.25, 0.3) is 11.3 Å². The predicted molar refractivity (Wildman–Crippen MR) is 92.9 cm³/mol. The number of carbonyl (C=O) groups is 2.